The lowest BCUT2D eigenvalue weighted by atomic mass is 10.4. The molecule has 0 spiro atoms. The first-order valence-corrected chi connectivity index (χ1v) is 3.07. The minimum absolute atomic E-state index is 0.165. The van der Waals surface area contributed by atoms with E-state index in [4.69, 9.17) is 21.5 Å². The fourth-order valence-corrected chi connectivity index (χ4v) is 0.826. The standard InChI is InChI=1S/C5H5NO2S/c9-5-1-3(8-6-5)4-2-7-4/h1,4H,2H2,(H,6,9). The first kappa shape index (κ1) is 5.20. The predicted octanol–water partition coefficient (Wildman–Crippen LogP) is 1.41. The van der Waals surface area contributed by atoms with Gasteiger partial charge in [-0.2, -0.15) is 0 Å². The lowest BCUT2D eigenvalue weighted by Gasteiger charge is -1.78. The summed E-state index contributed by atoms with van der Waals surface area (Å²) in [4.78, 5) is 0. The Labute approximate surface area is 56.6 Å². The van der Waals surface area contributed by atoms with E-state index in [-0.39, 0.29) is 6.10 Å². The number of rotatable bonds is 1. The quantitative estimate of drug-likeness (QED) is 0.477. The molecular formula is C5H5NO2S. The summed E-state index contributed by atoms with van der Waals surface area (Å²) >= 11 is 4.78. The van der Waals surface area contributed by atoms with Gasteiger partial charge in [0, 0.05) is 6.07 Å². The number of hydrogen-bond acceptors (Lipinski definition) is 3. The SMILES string of the molecule is S=c1cc(C2CO2)o[nH]1. The Balaban J connectivity index is 2.38. The van der Waals surface area contributed by atoms with Crippen LogP contribution in [0.25, 0.3) is 0 Å². The normalized spacial score (nSPS) is 24.2. The zero-order valence-electron chi connectivity index (χ0n) is 4.59. The molecule has 0 aliphatic carbocycles. The molecule has 2 heterocycles. The highest BCUT2D eigenvalue weighted by Crippen LogP contribution is 2.28. The zero-order chi connectivity index (χ0) is 6.27. The molecule has 1 aliphatic rings. The Morgan fingerprint density at radius 2 is 2.56 bits per heavy atom. The Kier molecular flexibility index (Phi) is 0.972. The topological polar surface area (TPSA) is 41.5 Å². The van der Waals surface area contributed by atoms with Gasteiger partial charge in [-0.15, -0.1) is 0 Å². The third kappa shape index (κ3) is 0.906. The summed E-state index contributed by atoms with van der Waals surface area (Å²) in [5, 5.41) is 2.55. The lowest BCUT2D eigenvalue weighted by molar-refractivity contribution is 0.325. The molecule has 0 saturated carbocycles. The number of aromatic amines is 1. The Hall–Kier alpha value is -0.610. The van der Waals surface area contributed by atoms with E-state index < -0.39 is 0 Å². The highest BCUT2D eigenvalue weighted by Gasteiger charge is 2.28. The molecule has 1 saturated heterocycles. The monoisotopic (exact) mass is 143 g/mol. The van der Waals surface area contributed by atoms with Crippen molar-refractivity contribution in [2.45, 2.75) is 6.10 Å². The number of nitrogens with one attached hydrogen (secondary N) is 1. The number of H-pyrrole nitrogens is 1. The molecule has 2 rings (SSSR count). The van der Waals surface area contributed by atoms with Crippen molar-refractivity contribution in [3.05, 3.63) is 16.5 Å². The molecule has 1 unspecified atom stereocenters. The molecule has 0 bridgehead atoms. The van der Waals surface area contributed by atoms with Crippen LogP contribution in [0.2, 0.25) is 0 Å². The van der Waals surface area contributed by atoms with Crippen LogP contribution >= 0.6 is 12.2 Å². The van der Waals surface area contributed by atoms with Gasteiger partial charge in [0.05, 0.1) is 6.61 Å². The molecule has 0 amide bonds. The fourth-order valence-electron chi connectivity index (χ4n) is 0.668. The van der Waals surface area contributed by atoms with Crippen molar-refractivity contribution in [1.29, 1.82) is 0 Å². The summed E-state index contributed by atoms with van der Waals surface area (Å²) in [5.41, 5.74) is 0. The van der Waals surface area contributed by atoms with Gasteiger partial charge < -0.3 is 9.26 Å². The van der Waals surface area contributed by atoms with E-state index >= 15 is 0 Å². The highest BCUT2D eigenvalue weighted by atomic mass is 32.1. The van der Waals surface area contributed by atoms with Crippen molar-refractivity contribution in [3.8, 4) is 0 Å². The largest absolute Gasteiger partial charge is 0.383 e. The van der Waals surface area contributed by atoms with Crippen LogP contribution in [-0.4, -0.2) is 11.8 Å². The van der Waals surface area contributed by atoms with Gasteiger partial charge in [0.15, 0.2) is 5.76 Å². The molecule has 1 fully saturated rings. The van der Waals surface area contributed by atoms with E-state index in [1.54, 1.807) is 6.07 Å². The van der Waals surface area contributed by atoms with Gasteiger partial charge >= 0.3 is 0 Å². The van der Waals surface area contributed by atoms with Gasteiger partial charge in [-0.25, -0.2) is 5.16 Å². The molecule has 1 atom stereocenters. The van der Waals surface area contributed by atoms with E-state index in [9.17, 15) is 0 Å². The third-order valence-corrected chi connectivity index (χ3v) is 1.39. The van der Waals surface area contributed by atoms with Crippen LogP contribution in [0.4, 0.5) is 0 Å². The second-order valence-corrected chi connectivity index (χ2v) is 2.38. The highest BCUT2D eigenvalue weighted by molar-refractivity contribution is 7.71. The summed E-state index contributed by atoms with van der Waals surface area (Å²) in [6, 6.07) is 1.77. The minimum atomic E-state index is 0.165. The van der Waals surface area contributed by atoms with Crippen LogP contribution < -0.4 is 0 Å². The first-order chi connectivity index (χ1) is 4.36. The Morgan fingerprint density at radius 1 is 1.78 bits per heavy atom. The van der Waals surface area contributed by atoms with Crippen molar-refractivity contribution < 1.29 is 9.26 Å². The summed E-state index contributed by atoms with van der Waals surface area (Å²) in [7, 11) is 0. The maximum Gasteiger partial charge on any atom is 0.166 e. The van der Waals surface area contributed by atoms with E-state index in [0.29, 0.717) is 4.64 Å². The summed E-state index contributed by atoms with van der Waals surface area (Å²) in [6.45, 7) is 0.760. The smallest absolute Gasteiger partial charge is 0.166 e. The van der Waals surface area contributed by atoms with Crippen molar-refractivity contribution in [2.75, 3.05) is 6.61 Å². The summed E-state index contributed by atoms with van der Waals surface area (Å²) < 4.78 is 10.5. The van der Waals surface area contributed by atoms with Crippen LogP contribution in [-0.2, 0) is 4.74 Å². The van der Waals surface area contributed by atoms with Crippen LogP contribution in [0.1, 0.15) is 11.9 Å². The number of epoxide rings is 1. The van der Waals surface area contributed by atoms with Crippen LogP contribution in [0.3, 0.4) is 0 Å². The fraction of sp³-hybridized carbons (Fsp3) is 0.400. The van der Waals surface area contributed by atoms with Gasteiger partial charge in [0.25, 0.3) is 0 Å². The zero-order valence-corrected chi connectivity index (χ0v) is 5.40. The van der Waals surface area contributed by atoms with Crippen LogP contribution in [0, 0.1) is 4.64 Å². The predicted molar refractivity (Wildman–Crippen MR) is 32.6 cm³/mol. The maximum atomic E-state index is 4.95. The molecular weight excluding hydrogens is 138 g/mol. The molecule has 9 heavy (non-hydrogen) atoms. The number of ether oxygens (including phenoxy) is 1. The van der Waals surface area contributed by atoms with Crippen molar-refractivity contribution in [2.24, 2.45) is 0 Å². The van der Waals surface area contributed by atoms with Gasteiger partial charge in [0.2, 0.25) is 0 Å². The van der Waals surface area contributed by atoms with E-state index in [1.807, 2.05) is 0 Å². The van der Waals surface area contributed by atoms with Crippen molar-refractivity contribution >= 4 is 12.2 Å². The molecule has 3 nitrogen and oxygen atoms in total. The second-order valence-electron chi connectivity index (χ2n) is 1.94. The van der Waals surface area contributed by atoms with Crippen molar-refractivity contribution in [3.63, 3.8) is 0 Å². The average molecular weight is 143 g/mol. The lowest BCUT2D eigenvalue weighted by Crippen LogP contribution is -1.69. The maximum absolute atomic E-state index is 4.95. The van der Waals surface area contributed by atoms with Gasteiger partial charge in [-0.3, -0.25) is 0 Å². The Morgan fingerprint density at radius 3 is 3.00 bits per heavy atom. The average Bonchev–Trinajstić information content (AvgIpc) is 2.58. The van der Waals surface area contributed by atoms with E-state index in [0.717, 1.165) is 12.4 Å². The van der Waals surface area contributed by atoms with Gasteiger partial charge in [0.1, 0.15) is 10.7 Å². The van der Waals surface area contributed by atoms with E-state index in [1.165, 1.54) is 0 Å². The Bertz CT molecular complexity index is 260. The third-order valence-electron chi connectivity index (χ3n) is 1.19. The molecule has 0 aromatic carbocycles. The molecule has 1 aliphatic heterocycles. The second kappa shape index (κ2) is 1.68. The van der Waals surface area contributed by atoms with Gasteiger partial charge in [-0.1, -0.05) is 12.2 Å². The molecule has 0 radical (unpaired) electrons. The summed E-state index contributed by atoms with van der Waals surface area (Å²) in [6.07, 6.45) is 0.165. The number of hydrogen-bond donors (Lipinski definition) is 1. The van der Waals surface area contributed by atoms with Crippen LogP contribution in [0.15, 0.2) is 10.6 Å². The van der Waals surface area contributed by atoms with Gasteiger partial charge in [-0.05, 0) is 0 Å². The summed E-state index contributed by atoms with van der Waals surface area (Å²) in [5.74, 6) is 0.806. The molecule has 4 heteroatoms. The van der Waals surface area contributed by atoms with E-state index in [2.05, 4.69) is 5.16 Å². The van der Waals surface area contributed by atoms with Crippen LogP contribution in [0.5, 0.6) is 0 Å². The minimum Gasteiger partial charge on any atom is -0.383 e. The molecule has 48 valence electrons. The first-order valence-electron chi connectivity index (χ1n) is 2.66. The number of aromatic nitrogens is 1. The molecule has 1 aromatic heterocycles. The molecule has 1 N–H and O–H groups in total. The van der Waals surface area contributed by atoms with Crippen molar-refractivity contribution in [1.82, 2.24) is 5.16 Å². The molecule has 1 aromatic rings.